The number of nitrogens with one attached hydrogen (secondary N) is 1. The van der Waals surface area contributed by atoms with Gasteiger partial charge in [0.05, 0.1) is 5.39 Å². The van der Waals surface area contributed by atoms with E-state index in [1.165, 1.54) is 17.2 Å². The van der Waals surface area contributed by atoms with Gasteiger partial charge in [-0.2, -0.15) is 0 Å². The molecule has 1 atom stereocenters. The minimum Gasteiger partial charge on any atom is -0.451 e. The fourth-order valence-electron chi connectivity index (χ4n) is 6.61. The highest BCUT2D eigenvalue weighted by atomic mass is 35.5. The molecule has 0 bridgehead atoms. The van der Waals surface area contributed by atoms with Crippen LogP contribution in [0, 0.1) is 6.92 Å². The van der Waals surface area contributed by atoms with Gasteiger partial charge in [0.15, 0.2) is 11.2 Å². The van der Waals surface area contributed by atoms with E-state index in [1.807, 2.05) is 47.1 Å². The van der Waals surface area contributed by atoms with Crippen LogP contribution in [0.25, 0.3) is 11.0 Å². The molecular weight excluding hydrogens is 602 g/mol. The molecule has 8 nitrogen and oxygen atoms in total. The summed E-state index contributed by atoms with van der Waals surface area (Å²) in [5.74, 6) is -0.471. The monoisotopic (exact) mass is 639 g/mol. The zero-order valence-electron chi connectivity index (χ0n) is 26.0. The number of likely N-dealkylation sites (tertiary alicyclic amines) is 2. The number of nitrogens with zero attached hydrogens (tertiary/aromatic N) is 2. The van der Waals surface area contributed by atoms with Crippen LogP contribution < -0.4 is 10.7 Å². The minimum atomic E-state index is -0.873. The lowest BCUT2D eigenvalue weighted by atomic mass is 9.86. The smallest absolute Gasteiger partial charge is 0.287 e. The number of hydrogen-bond donors (Lipinski definition) is 1. The molecule has 0 aliphatic carbocycles. The van der Waals surface area contributed by atoms with Crippen LogP contribution in [-0.2, 0) is 22.6 Å². The van der Waals surface area contributed by atoms with Crippen LogP contribution in [-0.4, -0.2) is 53.2 Å². The molecule has 0 saturated carbocycles. The summed E-state index contributed by atoms with van der Waals surface area (Å²) < 4.78 is 5.81. The molecule has 2 aliphatic heterocycles. The zero-order chi connectivity index (χ0) is 32.2. The van der Waals surface area contributed by atoms with Gasteiger partial charge in [-0.1, -0.05) is 59.6 Å². The molecule has 2 saturated heterocycles. The van der Waals surface area contributed by atoms with Crippen LogP contribution in [0.15, 0.2) is 82.0 Å². The molecule has 3 amide bonds. The molecule has 3 aromatic carbocycles. The molecule has 0 radical (unpaired) electrons. The van der Waals surface area contributed by atoms with E-state index < -0.39 is 11.9 Å². The van der Waals surface area contributed by atoms with Gasteiger partial charge in [-0.05, 0) is 79.5 Å². The summed E-state index contributed by atoms with van der Waals surface area (Å²) in [6.07, 6.45) is 4.41. The molecule has 2 aliphatic rings. The van der Waals surface area contributed by atoms with Crippen molar-refractivity contribution in [3.8, 4) is 0 Å². The Kier molecular flexibility index (Phi) is 9.54. The van der Waals surface area contributed by atoms with Crippen LogP contribution in [0.4, 0.5) is 0 Å². The van der Waals surface area contributed by atoms with Crippen molar-refractivity contribution in [3.05, 3.63) is 116 Å². The topological polar surface area (TPSA) is 99.9 Å². The Labute approximate surface area is 273 Å². The van der Waals surface area contributed by atoms with Crippen molar-refractivity contribution >= 4 is 40.3 Å². The summed E-state index contributed by atoms with van der Waals surface area (Å²) >= 11 is 6.10. The standard InChI is InChI=1S/C37H38ClN3O5/c1-24-9-14-33-30(20-24)32(42)22-34(46-33)36(44)39-31(21-25-10-12-28(38)13-11-25)37(45)40-18-15-26(16-19-40)29-7-3-2-6-27(29)23-41-17-5-4-8-35(41)43/h2-3,6-7,9-14,20,22,26,31H,4-5,8,15-19,21,23H2,1H3,(H,39,44)/t31-/m0/s1. The second kappa shape index (κ2) is 13.9. The third-order valence-corrected chi connectivity index (χ3v) is 9.40. The number of piperidine rings is 2. The third kappa shape index (κ3) is 7.18. The number of aryl methyl sites for hydroxylation is 1. The first-order valence-electron chi connectivity index (χ1n) is 16.0. The Hall–Kier alpha value is -4.43. The van der Waals surface area contributed by atoms with Crippen molar-refractivity contribution in [2.45, 2.75) is 64.0 Å². The lowest BCUT2D eigenvalue weighted by Crippen LogP contribution is -2.51. The zero-order valence-corrected chi connectivity index (χ0v) is 26.7. The first-order valence-corrected chi connectivity index (χ1v) is 16.4. The van der Waals surface area contributed by atoms with E-state index in [9.17, 15) is 19.2 Å². The Balaban J connectivity index is 1.17. The number of amides is 3. The third-order valence-electron chi connectivity index (χ3n) is 9.15. The van der Waals surface area contributed by atoms with Crippen molar-refractivity contribution in [2.75, 3.05) is 19.6 Å². The Morgan fingerprint density at radius 3 is 2.48 bits per heavy atom. The summed E-state index contributed by atoms with van der Waals surface area (Å²) in [5, 5.41) is 3.84. The summed E-state index contributed by atoms with van der Waals surface area (Å²) in [7, 11) is 0. The Morgan fingerprint density at radius 2 is 1.72 bits per heavy atom. The van der Waals surface area contributed by atoms with E-state index in [0.29, 0.717) is 42.0 Å². The van der Waals surface area contributed by atoms with E-state index in [4.69, 9.17) is 16.0 Å². The summed E-state index contributed by atoms with van der Waals surface area (Å²) in [6.45, 7) is 4.37. The van der Waals surface area contributed by atoms with E-state index in [-0.39, 0.29) is 35.3 Å². The quantitative estimate of drug-likeness (QED) is 0.254. The summed E-state index contributed by atoms with van der Waals surface area (Å²) in [4.78, 5) is 56.5. The van der Waals surface area contributed by atoms with Gasteiger partial charge >= 0.3 is 0 Å². The highest BCUT2D eigenvalue weighted by Gasteiger charge is 2.32. The molecule has 1 aromatic heterocycles. The molecule has 238 valence electrons. The van der Waals surface area contributed by atoms with Crippen LogP contribution >= 0.6 is 11.6 Å². The average Bonchev–Trinajstić information content (AvgIpc) is 3.06. The number of fused-ring (bicyclic) bond motifs is 1. The van der Waals surface area contributed by atoms with Crippen molar-refractivity contribution in [1.29, 1.82) is 0 Å². The number of carbonyl (C=O) groups excluding carboxylic acids is 3. The van der Waals surface area contributed by atoms with Crippen molar-refractivity contribution in [1.82, 2.24) is 15.1 Å². The molecule has 6 rings (SSSR count). The van der Waals surface area contributed by atoms with Crippen LogP contribution in [0.3, 0.4) is 0 Å². The van der Waals surface area contributed by atoms with Gasteiger partial charge in [-0.15, -0.1) is 0 Å². The molecular formula is C37H38ClN3O5. The maximum Gasteiger partial charge on any atom is 0.287 e. The first-order chi connectivity index (χ1) is 22.2. The number of hydrogen-bond acceptors (Lipinski definition) is 5. The Bertz CT molecular complexity index is 1810. The molecule has 46 heavy (non-hydrogen) atoms. The highest BCUT2D eigenvalue weighted by Crippen LogP contribution is 2.32. The fourth-order valence-corrected chi connectivity index (χ4v) is 6.74. The normalized spacial score (nSPS) is 16.4. The molecule has 0 unspecified atom stereocenters. The second-order valence-corrected chi connectivity index (χ2v) is 12.8. The van der Waals surface area contributed by atoms with E-state index in [0.717, 1.165) is 43.4 Å². The fraction of sp³-hybridized carbons (Fsp3) is 0.351. The van der Waals surface area contributed by atoms with Gasteiger partial charge in [0.1, 0.15) is 11.6 Å². The maximum atomic E-state index is 14.0. The molecule has 2 fully saturated rings. The highest BCUT2D eigenvalue weighted by molar-refractivity contribution is 6.30. The van der Waals surface area contributed by atoms with Gasteiger partial charge in [0.2, 0.25) is 11.8 Å². The van der Waals surface area contributed by atoms with Crippen LogP contribution in [0.2, 0.25) is 5.02 Å². The predicted octanol–water partition coefficient (Wildman–Crippen LogP) is 6.01. The van der Waals surface area contributed by atoms with Crippen molar-refractivity contribution in [3.63, 3.8) is 0 Å². The van der Waals surface area contributed by atoms with Gasteiger partial charge in [-0.25, -0.2) is 0 Å². The number of rotatable bonds is 8. The maximum absolute atomic E-state index is 14.0. The SMILES string of the molecule is Cc1ccc2oc(C(=O)N[C@@H](Cc3ccc(Cl)cc3)C(=O)N3CCC(c4ccccc4CN4CCCCC4=O)CC3)cc(=O)c2c1. The second-order valence-electron chi connectivity index (χ2n) is 12.4. The lowest BCUT2D eigenvalue weighted by Gasteiger charge is -2.36. The molecule has 0 spiro atoms. The largest absolute Gasteiger partial charge is 0.451 e. The Morgan fingerprint density at radius 1 is 0.957 bits per heavy atom. The number of benzene rings is 3. The summed E-state index contributed by atoms with van der Waals surface area (Å²) in [6, 6.07) is 21.0. The van der Waals surface area contributed by atoms with E-state index >= 15 is 0 Å². The van der Waals surface area contributed by atoms with Gasteiger partial charge in [0.25, 0.3) is 5.91 Å². The van der Waals surface area contributed by atoms with Gasteiger partial charge in [-0.3, -0.25) is 19.2 Å². The van der Waals surface area contributed by atoms with Crippen molar-refractivity contribution in [2.24, 2.45) is 0 Å². The van der Waals surface area contributed by atoms with Crippen LogP contribution in [0.5, 0.6) is 0 Å². The predicted molar refractivity (Wildman–Crippen MR) is 178 cm³/mol. The first kappa shape index (κ1) is 31.5. The molecule has 4 aromatic rings. The molecule has 1 N–H and O–H groups in total. The van der Waals surface area contributed by atoms with Crippen LogP contribution in [0.1, 0.15) is 70.8 Å². The van der Waals surface area contributed by atoms with E-state index in [1.54, 1.807) is 24.3 Å². The molecule has 3 heterocycles. The number of carbonyl (C=O) groups is 3. The lowest BCUT2D eigenvalue weighted by molar-refractivity contribution is -0.135. The van der Waals surface area contributed by atoms with Gasteiger partial charge in [0, 0.05) is 50.1 Å². The van der Waals surface area contributed by atoms with E-state index in [2.05, 4.69) is 17.4 Å². The average molecular weight is 640 g/mol. The summed E-state index contributed by atoms with van der Waals surface area (Å²) in [5.41, 5.74) is 4.16. The minimum absolute atomic E-state index is 0.141. The van der Waals surface area contributed by atoms with Gasteiger partial charge < -0.3 is 19.5 Å². The molecule has 9 heteroatoms. The van der Waals surface area contributed by atoms with Crippen molar-refractivity contribution < 1.29 is 18.8 Å². The number of halogens is 1.